The zero-order chi connectivity index (χ0) is 29.4. The van der Waals surface area contributed by atoms with E-state index in [1.165, 1.54) is 6.07 Å². The first-order chi connectivity index (χ1) is 21.0. The van der Waals surface area contributed by atoms with E-state index in [9.17, 15) is 14.0 Å². The highest BCUT2D eigenvalue weighted by atomic mass is 19.1. The molecule has 3 aromatic carbocycles. The van der Waals surface area contributed by atoms with Crippen molar-refractivity contribution in [2.24, 2.45) is 0 Å². The van der Waals surface area contributed by atoms with E-state index in [1.54, 1.807) is 72.3 Å². The lowest BCUT2D eigenvalue weighted by Crippen LogP contribution is -2.48. The van der Waals surface area contributed by atoms with Gasteiger partial charge in [0, 0.05) is 54.9 Å². The maximum Gasteiger partial charge on any atom is 0.276 e. The lowest BCUT2D eigenvalue weighted by atomic mass is 9.74. The van der Waals surface area contributed by atoms with Crippen LogP contribution in [0.3, 0.4) is 0 Å². The Kier molecular flexibility index (Phi) is 6.69. The minimum Gasteiger partial charge on any atom is -0.457 e. The molecule has 5 aromatic rings. The summed E-state index contributed by atoms with van der Waals surface area (Å²) in [5.41, 5.74) is 2.69. The zero-order valence-electron chi connectivity index (χ0n) is 23.3. The van der Waals surface area contributed by atoms with Gasteiger partial charge in [-0.1, -0.05) is 18.2 Å². The molecular weight excluding hydrogens is 545 g/mol. The second-order valence-electron chi connectivity index (χ2n) is 10.9. The number of piperidine rings is 1. The van der Waals surface area contributed by atoms with Gasteiger partial charge in [-0.25, -0.2) is 9.37 Å². The number of carbonyl (C=O) groups is 2. The van der Waals surface area contributed by atoms with Crippen molar-refractivity contribution in [1.82, 2.24) is 19.4 Å². The van der Waals surface area contributed by atoms with Crippen LogP contribution in [0.1, 0.15) is 39.3 Å². The number of hydrogen-bond donors (Lipinski definition) is 0. The molecule has 9 heteroatoms. The molecule has 214 valence electrons. The minimum atomic E-state index is -0.459. The van der Waals surface area contributed by atoms with Crippen molar-refractivity contribution < 1.29 is 18.7 Å². The summed E-state index contributed by atoms with van der Waals surface area (Å²) >= 11 is 0. The van der Waals surface area contributed by atoms with Gasteiger partial charge in [-0.3, -0.25) is 14.6 Å². The largest absolute Gasteiger partial charge is 0.457 e. The molecule has 0 saturated carbocycles. The van der Waals surface area contributed by atoms with E-state index in [1.807, 2.05) is 45.9 Å². The van der Waals surface area contributed by atoms with Crippen LogP contribution in [0.15, 0.2) is 110 Å². The lowest BCUT2D eigenvalue weighted by molar-refractivity contribution is 0.0670. The second kappa shape index (κ2) is 10.8. The minimum absolute atomic E-state index is 0.0629. The predicted molar refractivity (Wildman–Crippen MR) is 159 cm³/mol. The number of halogens is 1. The number of nitrogens with zero attached hydrogens (tertiary/aromatic N) is 5. The van der Waals surface area contributed by atoms with Crippen molar-refractivity contribution in [2.75, 3.05) is 24.5 Å². The summed E-state index contributed by atoms with van der Waals surface area (Å²) < 4.78 is 22.2. The molecule has 1 spiro atoms. The van der Waals surface area contributed by atoms with E-state index >= 15 is 0 Å². The van der Waals surface area contributed by atoms with Crippen LogP contribution >= 0.6 is 0 Å². The van der Waals surface area contributed by atoms with Gasteiger partial charge in [-0.15, -0.1) is 0 Å². The van der Waals surface area contributed by atoms with Crippen molar-refractivity contribution in [2.45, 2.75) is 18.3 Å². The molecule has 2 aliphatic rings. The molecule has 1 saturated heterocycles. The smallest absolute Gasteiger partial charge is 0.276 e. The lowest BCUT2D eigenvalue weighted by Gasteiger charge is -2.40. The van der Waals surface area contributed by atoms with Crippen molar-refractivity contribution in [3.05, 3.63) is 132 Å². The maximum atomic E-state index is 14.6. The van der Waals surface area contributed by atoms with Gasteiger partial charge in [0.1, 0.15) is 23.0 Å². The fourth-order valence-electron chi connectivity index (χ4n) is 6.11. The molecule has 43 heavy (non-hydrogen) atoms. The Bertz CT molecular complexity index is 1780. The Balaban J connectivity index is 1.08. The number of benzene rings is 3. The van der Waals surface area contributed by atoms with E-state index in [2.05, 4.69) is 9.97 Å². The highest BCUT2D eigenvalue weighted by Crippen LogP contribution is 2.48. The molecule has 7 rings (SSSR count). The molecular formula is C34H28FN5O3. The quantitative estimate of drug-likeness (QED) is 0.256. The topological polar surface area (TPSA) is 80.6 Å². The van der Waals surface area contributed by atoms with Crippen molar-refractivity contribution in [3.8, 4) is 17.2 Å². The van der Waals surface area contributed by atoms with Crippen LogP contribution in [-0.4, -0.2) is 50.9 Å². The van der Waals surface area contributed by atoms with Gasteiger partial charge in [0.15, 0.2) is 0 Å². The molecule has 0 unspecified atom stereocenters. The molecule has 0 radical (unpaired) electrons. The third kappa shape index (κ3) is 5.03. The summed E-state index contributed by atoms with van der Waals surface area (Å²) in [6, 6.07) is 24.8. The van der Waals surface area contributed by atoms with Gasteiger partial charge in [-0.05, 0) is 85.1 Å². The van der Waals surface area contributed by atoms with Crippen LogP contribution in [-0.2, 0) is 5.41 Å². The van der Waals surface area contributed by atoms with Crippen LogP contribution < -0.4 is 9.64 Å². The number of likely N-dealkylation sites (tertiary alicyclic amines) is 1. The van der Waals surface area contributed by atoms with Gasteiger partial charge < -0.3 is 19.1 Å². The number of anilines is 1. The summed E-state index contributed by atoms with van der Waals surface area (Å²) in [5.74, 6) is 0.726. The highest BCUT2D eigenvalue weighted by Gasteiger charge is 2.47. The van der Waals surface area contributed by atoms with Crippen molar-refractivity contribution >= 4 is 17.5 Å². The number of amides is 2. The number of carbonyl (C=O) groups excluding carboxylic acids is 2. The van der Waals surface area contributed by atoms with E-state index < -0.39 is 5.41 Å². The number of aromatic nitrogens is 3. The van der Waals surface area contributed by atoms with Crippen molar-refractivity contribution in [3.63, 3.8) is 0 Å². The van der Waals surface area contributed by atoms with Crippen LogP contribution in [0.4, 0.5) is 10.1 Å². The first-order valence-electron chi connectivity index (χ1n) is 14.2. The molecule has 0 atom stereocenters. The van der Waals surface area contributed by atoms with E-state index in [0.717, 1.165) is 17.0 Å². The number of para-hydroxylation sites is 1. The number of hydrogen-bond acceptors (Lipinski definition) is 5. The molecule has 8 nitrogen and oxygen atoms in total. The van der Waals surface area contributed by atoms with Gasteiger partial charge in [0.05, 0.1) is 12.0 Å². The fraction of sp³-hybridized carbons (Fsp3) is 0.176. The molecule has 4 heterocycles. The molecule has 2 amide bonds. The summed E-state index contributed by atoms with van der Waals surface area (Å²) in [6.07, 6.45) is 7.95. The highest BCUT2D eigenvalue weighted by molar-refractivity contribution is 6.07. The number of imidazole rings is 1. The van der Waals surface area contributed by atoms with Crippen LogP contribution in [0.5, 0.6) is 11.5 Å². The SMILES string of the molecule is O=C(c1ccc(Oc2ccccc2)cc1)N1CCC2(CC1)CN(C(=O)c1cc(-n3ccnc3)ccn1)c1ccc(F)cc12. The monoisotopic (exact) mass is 573 g/mol. The first kappa shape index (κ1) is 26.6. The molecule has 1 fully saturated rings. The number of rotatable bonds is 5. The van der Waals surface area contributed by atoms with Gasteiger partial charge >= 0.3 is 0 Å². The van der Waals surface area contributed by atoms with Crippen LogP contribution in [0.2, 0.25) is 0 Å². The fourth-order valence-corrected chi connectivity index (χ4v) is 6.11. The summed E-state index contributed by atoms with van der Waals surface area (Å²) in [5, 5.41) is 0. The van der Waals surface area contributed by atoms with E-state index in [4.69, 9.17) is 4.74 Å². The Hall–Kier alpha value is -5.31. The summed E-state index contributed by atoms with van der Waals surface area (Å²) in [4.78, 5) is 39.2. The average molecular weight is 574 g/mol. The Morgan fingerprint density at radius 2 is 1.60 bits per heavy atom. The summed E-state index contributed by atoms with van der Waals surface area (Å²) in [6.45, 7) is 1.38. The molecule has 0 N–H and O–H groups in total. The Morgan fingerprint density at radius 3 is 2.35 bits per heavy atom. The Labute approximate surface area is 248 Å². The Morgan fingerprint density at radius 1 is 0.837 bits per heavy atom. The normalized spacial score (nSPS) is 15.4. The zero-order valence-corrected chi connectivity index (χ0v) is 23.3. The average Bonchev–Trinajstić information content (AvgIpc) is 3.69. The van der Waals surface area contributed by atoms with Gasteiger partial charge in [0.2, 0.25) is 0 Å². The van der Waals surface area contributed by atoms with E-state index in [0.29, 0.717) is 55.2 Å². The molecule has 2 aromatic heterocycles. The number of ether oxygens (including phenoxy) is 1. The molecule has 0 aliphatic carbocycles. The summed E-state index contributed by atoms with van der Waals surface area (Å²) in [7, 11) is 0. The van der Waals surface area contributed by atoms with Gasteiger partial charge in [0.25, 0.3) is 11.8 Å². The van der Waals surface area contributed by atoms with Gasteiger partial charge in [-0.2, -0.15) is 0 Å². The standard InChI is InChI=1S/C34H28FN5O3/c35-25-8-11-31-29(20-25)34(22-40(31)33(42)30-21-26(12-15-37-30)39-19-16-36-23-39)13-17-38(18-14-34)32(41)24-6-9-28(10-7-24)43-27-4-2-1-3-5-27/h1-12,15-16,19-21,23H,13-14,17-18,22H2. The third-order valence-corrected chi connectivity index (χ3v) is 8.38. The molecule has 2 aliphatic heterocycles. The maximum absolute atomic E-state index is 14.6. The first-order valence-corrected chi connectivity index (χ1v) is 14.2. The van der Waals surface area contributed by atoms with E-state index in [-0.39, 0.29) is 17.6 Å². The molecule has 0 bridgehead atoms. The van der Waals surface area contributed by atoms with Crippen molar-refractivity contribution in [1.29, 1.82) is 0 Å². The number of pyridine rings is 1. The second-order valence-corrected chi connectivity index (χ2v) is 10.9. The third-order valence-electron chi connectivity index (χ3n) is 8.38. The number of fused-ring (bicyclic) bond motifs is 2. The predicted octanol–water partition coefficient (Wildman–Crippen LogP) is 6.03. The van der Waals surface area contributed by atoms with Crippen LogP contribution in [0, 0.1) is 5.82 Å². The van der Waals surface area contributed by atoms with Crippen LogP contribution in [0.25, 0.3) is 5.69 Å².